The summed E-state index contributed by atoms with van der Waals surface area (Å²) in [5.41, 5.74) is -1.87. The highest BCUT2D eigenvalue weighted by Gasteiger charge is 2.39. The number of carboxylic acids is 1. The molecule has 10 heteroatoms. The third-order valence-electron chi connectivity index (χ3n) is 2.95. The number of nitrogens with one attached hydrogen (secondary N) is 1. The van der Waals surface area contributed by atoms with Gasteiger partial charge in [-0.05, 0) is 6.07 Å². The van der Waals surface area contributed by atoms with Crippen molar-refractivity contribution in [3.8, 4) is 0 Å². The van der Waals surface area contributed by atoms with Gasteiger partial charge in [-0.15, -0.1) is 0 Å². The number of carbonyl (C=O) groups excluding carboxylic acids is 2. The molecular weight excluding hydrogens is 324 g/mol. The Kier molecular flexibility index (Phi) is 4.22. The first-order chi connectivity index (χ1) is 11.1. The summed E-state index contributed by atoms with van der Waals surface area (Å²) < 4.78 is 9.72. The van der Waals surface area contributed by atoms with Gasteiger partial charge in [0, 0.05) is 26.1 Å². The third kappa shape index (κ3) is 3.32. The van der Waals surface area contributed by atoms with E-state index >= 15 is 0 Å². The molecule has 0 aromatic heterocycles. The van der Waals surface area contributed by atoms with Crippen LogP contribution in [0.3, 0.4) is 0 Å². The van der Waals surface area contributed by atoms with Crippen LogP contribution in [0.1, 0.15) is 24.2 Å². The molecule has 1 aliphatic rings. The minimum Gasteiger partial charge on any atom is -0.478 e. The number of benzene rings is 1. The average Bonchev–Trinajstić information content (AvgIpc) is 2.44. The number of carboxylic acid groups (broad SMARTS) is 1. The van der Waals surface area contributed by atoms with Crippen LogP contribution in [0.4, 0.5) is 11.4 Å². The van der Waals surface area contributed by atoms with E-state index < -0.39 is 45.4 Å². The van der Waals surface area contributed by atoms with Gasteiger partial charge in [-0.25, -0.2) is 14.4 Å². The fourth-order valence-corrected chi connectivity index (χ4v) is 1.94. The molecule has 0 aliphatic carbocycles. The van der Waals surface area contributed by atoms with Gasteiger partial charge in [0.05, 0.1) is 10.5 Å². The molecule has 1 aromatic carbocycles. The van der Waals surface area contributed by atoms with E-state index in [1.807, 2.05) is 0 Å². The Morgan fingerprint density at radius 2 is 1.88 bits per heavy atom. The van der Waals surface area contributed by atoms with Crippen molar-refractivity contribution >= 4 is 29.3 Å². The number of esters is 2. The molecule has 1 fully saturated rings. The van der Waals surface area contributed by atoms with Gasteiger partial charge in [-0.1, -0.05) is 6.07 Å². The molecule has 0 bridgehead atoms. The Balaban J connectivity index is 2.41. The normalized spacial score (nSPS) is 16.0. The lowest BCUT2D eigenvalue weighted by Gasteiger charge is -2.29. The van der Waals surface area contributed by atoms with Crippen LogP contribution in [0, 0.1) is 10.1 Å². The molecule has 126 valence electrons. The topological polar surface area (TPSA) is 145 Å². The van der Waals surface area contributed by atoms with Gasteiger partial charge in [0.15, 0.2) is 5.57 Å². The van der Waals surface area contributed by atoms with Crippen molar-refractivity contribution < 1.29 is 33.9 Å². The zero-order valence-electron chi connectivity index (χ0n) is 12.6. The number of nitrogens with zero attached hydrogens (tertiary/aromatic N) is 1. The first-order valence-electron chi connectivity index (χ1n) is 6.56. The van der Waals surface area contributed by atoms with Crippen molar-refractivity contribution in [2.75, 3.05) is 5.32 Å². The molecule has 2 N–H and O–H groups in total. The molecule has 24 heavy (non-hydrogen) atoms. The number of hydrogen-bond donors (Lipinski definition) is 2. The SMILES string of the molecule is CC1(C)OC(=O)C(=CNc2c(C(=O)O)cccc2[N+](=O)[O-])C(=O)O1. The predicted molar refractivity (Wildman–Crippen MR) is 78.0 cm³/mol. The van der Waals surface area contributed by atoms with Crippen molar-refractivity contribution in [2.45, 2.75) is 19.6 Å². The third-order valence-corrected chi connectivity index (χ3v) is 2.95. The summed E-state index contributed by atoms with van der Waals surface area (Å²) >= 11 is 0. The summed E-state index contributed by atoms with van der Waals surface area (Å²) in [5, 5.41) is 22.5. The molecule has 0 amide bonds. The molecule has 1 aromatic rings. The standard InChI is InChI=1S/C14H12N2O8/c1-14(2)23-12(19)8(13(20)24-14)6-15-10-7(11(17)18)4-3-5-9(10)16(21)22/h3-6,15H,1-2H3,(H,17,18). The average molecular weight is 336 g/mol. The summed E-state index contributed by atoms with van der Waals surface area (Å²) in [4.78, 5) is 45.0. The van der Waals surface area contributed by atoms with E-state index in [1.54, 1.807) is 0 Å². The number of hydrogen-bond acceptors (Lipinski definition) is 8. The van der Waals surface area contributed by atoms with Crippen LogP contribution in [0.25, 0.3) is 0 Å². The maximum absolute atomic E-state index is 11.8. The summed E-state index contributed by atoms with van der Waals surface area (Å²) in [5.74, 6) is -4.86. The fourth-order valence-electron chi connectivity index (χ4n) is 1.94. The van der Waals surface area contributed by atoms with Crippen LogP contribution in [0.5, 0.6) is 0 Å². The van der Waals surface area contributed by atoms with E-state index in [-0.39, 0.29) is 5.69 Å². The lowest BCUT2D eigenvalue weighted by molar-refractivity contribution is -0.384. The van der Waals surface area contributed by atoms with Gasteiger partial charge in [0.1, 0.15) is 5.69 Å². The fraction of sp³-hybridized carbons (Fsp3) is 0.214. The van der Waals surface area contributed by atoms with E-state index in [1.165, 1.54) is 19.9 Å². The summed E-state index contributed by atoms with van der Waals surface area (Å²) in [6.45, 7) is 2.72. The maximum Gasteiger partial charge on any atom is 0.350 e. The molecule has 0 unspecified atom stereocenters. The van der Waals surface area contributed by atoms with Crippen LogP contribution in [0.2, 0.25) is 0 Å². The first kappa shape index (κ1) is 16.9. The minimum atomic E-state index is -1.43. The molecule has 0 saturated carbocycles. The molecule has 2 rings (SSSR count). The Bertz CT molecular complexity index is 727. The van der Waals surface area contributed by atoms with Crippen LogP contribution < -0.4 is 5.32 Å². The highest BCUT2D eigenvalue weighted by molar-refractivity contribution is 6.15. The number of nitro groups is 1. The Morgan fingerprint density at radius 3 is 2.38 bits per heavy atom. The second-order valence-electron chi connectivity index (χ2n) is 5.14. The van der Waals surface area contributed by atoms with E-state index in [4.69, 9.17) is 14.6 Å². The molecule has 1 saturated heterocycles. The Labute approximate surface area is 134 Å². The number of cyclic esters (lactones) is 2. The van der Waals surface area contributed by atoms with Crippen LogP contribution >= 0.6 is 0 Å². The quantitative estimate of drug-likeness (QED) is 0.274. The van der Waals surface area contributed by atoms with Crippen molar-refractivity contribution in [2.24, 2.45) is 0 Å². The zero-order chi connectivity index (χ0) is 18.1. The van der Waals surface area contributed by atoms with E-state index in [0.717, 1.165) is 18.3 Å². The molecule has 0 atom stereocenters. The molecule has 1 heterocycles. The number of carbonyl (C=O) groups is 3. The maximum atomic E-state index is 11.8. The minimum absolute atomic E-state index is 0.382. The lowest BCUT2D eigenvalue weighted by Crippen LogP contribution is -2.42. The summed E-state index contributed by atoms with van der Waals surface area (Å²) in [6, 6.07) is 3.41. The summed E-state index contributed by atoms with van der Waals surface area (Å²) in [7, 11) is 0. The number of nitro benzene ring substituents is 1. The second kappa shape index (κ2) is 5.99. The van der Waals surface area contributed by atoms with Gasteiger partial charge >= 0.3 is 17.9 Å². The zero-order valence-corrected chi connectivity index (χ0v) is 12.6. The number of ether oxygens (including phenoxy) is 2. The van der Waals surface area contributed by atoms with E-state index in [0.29, 0.717) is 0 Å². The van der Waals surface area contributed by atoms with Gasteiger partial charge in [0.25, 0.3) is 11.5 Å². The van der Waals surface area contributed by atoms with E-state index in [9.17, 15) is 24.5 Å². The number of para-hydroxylation sites is 1. The van der Waals surface area contributed by atoms with Crippen molar-refractivity contribution in [3.63, 3.8) is 0 Å². The van der Waals surface area contributed by atoms with Crippen molar-refractivity contribution in [1.82, 2.24) is 0 Å². The summed E-state index contributed by atoms with van der Waals surface area (Å²) in [6.07, 6.45) is 0.814. The van der Waals surface area contributed by atoms with Crippen LogP contribution in [0.15, 0.2) is 30.0 Å². The monoisotopic (exact) mass is 336 g/mol. The van der Waals surface area contributed by atoms with Crippen molar-refractivity contribution in [1.29, 1.82) is 0 Å². The Hall–Kier alpha value is -3.43. The van der Waals surface area contributed by atoms with Crippen LogP contribution in [-0.2, 0) is 19.1 Å². The van der Waals surface area contributed by atoms with Gasteiger partial charge in [0.2, 0.25) is 0 Å². The number of aromatic carboxylic acids is 1. The van der Waals surface area contributed by atoms with Crippen LogP contribution in [-0.4, -0.2) is 33.7 Å². The molecule has 0 radical (unpaired) electrons. The van der Waals surface area contributed by atoms with Gasteiger partial charge < -0.3 is 19.9 Å². The largest absolute Gasteiger partial charge is 0.478 e. The highest BCUT2D eigenvalue weighted by Crippen LogP contribution is 2.29. The second-order valence-corrected chi connectivity index (χ2v) is 5.14. The lowest BCUT2D eigenvalue weighted by atomic mass is 10.1. The van der Waals surface area contributed by atoms with Gasteiger partial charge in [-0.2, -0.15) is 0 Å². The smallest absolute Gasteiger partial charge is 0.350 e. The molecular formula is C14H12N2O8. The highest BCUT2D eigenvalue weighted by atomic mass is 16.7. The molecule has 1 aliphatic heterocycles. The van der Waals surface area contributed by atoms with Gasteiger partial charge in [-0.3, -0.25) is 10.1 Å². The van der Waals surface area contributed by atoms with E-state index in [2.05, 4.69) is 5.32 Å². The first-order valence-corrected chi connectivity index (χ1v) is 6.56. The number of anilines is 1. The molecule has 0 spiro atoms. The Morgan fingerprint density at radius 1 is 1.29 bits per heavy atom. The predicted octanol–water partition coefficient (Wildman–Crippen LogP) is 1.42. The molecule has 10 nitrogen and oxygen atoms in total. The number of rotatable bonds is 4. The van der Waals surface area contributed by atoms with Crippen molar-refractivity contribution in [3.05, 3.63) is 45.6 Å².